The van der Waals surface area contributed by atoms with Gasteiger partial charge < -0.3 is 5.73 Å². The van der Waals surface area contributed by atoms with Crippen molar-refractivity contribution >= 4 is 18.2 Å². The lowest BCUT2D eigenvalue weighted by Gasteiger charge is -2.13. The van der Waals surface area contributed by atoms with Crippen LogP contribution in [0.2, 0.25) is 0 Å². The van der Waals surface area contributed by atoms with Crippen LogP contribution >= 0.6 is 12.4 Å². The van der Waals surface area contributed by atoms with Crippen molar-refractivity contribution in [3.05, 3.63) is 23.9 Å². The molecule has 2 nitrogen and oxygen atoms in total. The first-order valence-electron chi connectivity index (χ1n) is 3.34. The first kappa shape index (κ1) is 13.0. The third-order valence-corrected chi connectivity index (χ3v) is 1.43. The monoisotopic (exact) mass is 230 g/mol. The van der Waals surface area contributed by atoms with E-state index in [0.29, 0.717) is 0 Å². The number of pyridine rings is 1. The summed E-state index contributed by atoms with van der Waals surface area (Å²) in [5, 5.41) is 0. The Balaban J connectivity index is 0.00000169. The molecule has 1 rings (SSSR count). The zero-order chi connectivity index (χ0) is 10.1. The predicted molar refractivity (Wildman–Crippen MR) is 45.8 cm³/mol. The maximum atomic E-state index is 12.7. The molecule has 14 heavy (non-hydrogen) atoms. The fourth-order valence-electron chi connectivity index (χ4n) is 0.821. The van der Waals surface area contributed by atoms with E-state index >= 15 is 0 Å². The number of hydrogen-bond acceptors (Lipinski definition) is 2. The zero-order valence-corrected chi connectivity index (χ0v) is 7.57. The number of halogens is 5. The first-order valence-corrected chi connectivity index (χ1v) is 3.34. The van der Waals surface area contributed by atoms with Gasteiger partial charge in [-0.05, 0) is 6.07 Å². The molecule has 0 saturated carbocycles. The molecule has 1 aromatic heterocycles. The molecule has 0 aliphatic heterocycles. The van der Waals surface area contributed by atoms with E-state index in [4.69, 9.17) is 5.73 Å². The molecule has 0 bridgehead atoms. The Morgan fingerprint density at radius 1 is 1.36 bits per heavy atom. The van der Waals surface area contributed by atoms with Crippen LogP contribution in [0.15, 0.2) is 18.3 Å². The Morgan fingerprint density at radius 2 is 1.93 bits per heavy atom. The summed E-state index contributed by atoms with van der Waals surface area (Å²) >= 11 is 0. The van der Waals surface area contributed by atoms with Crippen LogP contribution in [-0.4, -0.2) is 11.2 Å². The summed E-state index contributed by atoms with van der Waals surface area (Å²) in [4.78, 5) is 3.35. The third-order valence-electron chi connectivity index (χ3n) is 1.43. The van der Waals surface area contributed by atoms with E-state index in [2.05, 4.69) is 4.98 Å². The fourth-order valence-corrected chi connectivity index (χ4v) is 0.821. The summed E-state index contributed by atoms with van der Waals surface area (Å²) in [6, 6.07) is 2.16. The fraction of sp³-hybridized carbons (Fsp3) is 0.286. The maximum absolute atomic E-state index is 12.7. The predicted octanol–water partition coefficient (Wildman–Crippen LogP) is 2.66. The summed E-state index contributed by atoms with van der Waals surface area (Å²) in [7, 11) is 0. The highest BCUT2D eigenvalue weighted by Crippen LogP contribution is 2.37. The van der Waals surface area contributed by atoms with Crippen molar-refractivity contribution in [3.8, 4) is 0 Å². The highest BCUT2D eigenvalue weighted by Gasteiger charge is 2.42. The molecule has 80 valence electrons. The molecule has 0 aliphatic carbocycles. The van der Waals surface area contributed by atoms with E-state index in [0.717, 1.165) is 6.07 Å². The quantitative estimate of drug-likeness (QED) is 0.754. The number of nitrogens with zero attached hydrogens (tertiary/aromatic N) is 1. The van der Waals surface area contributed by atoms with Crippen molar-refractivity contribution in [2.75, 3.05) is 5.73 Å². The molecule has 1 unspecified atom stereocenters. The van der Waals surface area contributed by atoms with E-state index in [1.54, 1.807) is 0 Å². The van der Waals surface area contributed by atoms with Crippen molar-refractivity contribution in [2.24, 2.45) is 0 Å². The van der Waals surface area contributed by atoms with E-state index in [1.807, 2.05) is 0 Å². The van der Waals surface area contributed by atoms with Gasteiger partial charge in [0.2, 0.25) is 6.17 Å². The van der Waals surface area contributed by atoms with E-state index in [-0.39, 0.29) is 12.4 Å². The van der Waals surface area contributed by atoms with Gasteiger partial charge in [0, 0.05) is 11.8 Å². The van der Waals surface area contributed by atoms with Gasteiger partial charge in [0.05, 0.1) is 0 Å². The second kappa shape index (κ2) is 4.45. The molecule has 1 heterocycles. The van der Waals surface area contributed by atoms with Crippen LogP contribution in [0, 0.1) is 0 Å². The van der Waals surface area contributed by atoms with E-state index in [9.17, 15) is 17.6 Å². The average molecular weight is 231 g/mol. The summed E-state index contributed by atoms with van der Waals surface area (Å²) < 4.78 is 48.2. The Kier molecular flexibility index (Phi) is 4.12. The van der Waals surface area contributed by atoms with Crippen LogP contribution in [0.5, 0.6) is 0 Å². The van der Waals surface area contributed by atoms with Gasteiger partial charge in [0.1, 0.15) is 5.82 Å². The molecule has 0 fully saturated rings. The van der Waals surface area contributed by atoms with Gasteiger partial charge in [0.15, 0.2) is 0 Å². The second-order valence-corrected chi connectivity index (χ2v) is 2.38. The minimum absolute atomic E-state index is 0. The number of nitrogens with two attached hydrogens (primary N) is 1. The van der Waals surface area contributed by atoms with Crippen LogP contribution in [0.1, 0.15) is 11.7 Å². The normalized spacial score (nSPS) is 13.1. The lowest BCUT2D eigenvalue weighted by Crippen LogP contribution is -2.18. The summed E-state index contributed by atoms with van der Waals surface area (Å²) in [6.45, 7) is 0. The zero-order valence-electron chi connectivity index (χ0n) is 6.75. The minimum atomic E-state index is -4.93. The highest BCUT2D eigenvalue weighted by molar-refractivity contribution is 5.85. The molecule has 0 aromatic carbocycles. The molecule has 0 aliphatic rings. The molecule has 0 saturated heterocycles. The van der Waals surface area contributed by atoms with Gasteiger partial charge in [-0.25, -0.2) is 9.37 Å². The Labute approximate surface area is 83.5 Å². The lowest BCUT2D eigenvalue weighted by atomic mass is 10.1. The van der Waals surface area contributed by atoms with Crippen LogP contribution in [0.3, 0.4) is 0 Å². The molecular weight excluding hydrogens is 224 g/mol. The van der Waals surface area contributed by atoms with Gasteiger partial charge in [-0.2, -0.15) is 13.2 Å². The van der Waals surface area contributed by atoms with Crippen LogP contribution < -0.4 is 5.73 Å². The van der Waals surface area contributed by atoms with E-state index in [1.165, 1.54) is 12.3 Å². The number of hydrogen-bond donors (Lipinski definition) is 1. The molecule has 7 heteroatoms. The van der Waals surface area contributed by atoms with Crippen molar-refractivity contribution in [2.45, 2.75) is 12.3 Å². The second-order valence-electron chi connectivity index (χ2n) is 2.38. The SMILES string of the molecule is Cl.Nc1ncccc1C(F)C(F)(F)F. The molecule has 2 N–H and O–H groups in total. The molecule has 0 spiro atoms. The minimum Gasteiger partial charge on any atom is -0.383 e. The molecule has 0 amide bonds. The smallest absolute Gasteiger partial charge is 0.383 e. The van der Waals surface area contributed by atoms with Crippen LogP contribution in [0.25, 0.3) is 0 Å². The molecule has 1 aromatic rings. The van der Waals surface area contributed by atoms with Crippen molar-refractivity contribution in [1.29, 1.82) is 0 Å². The number of nitrogen functional groups attached to an aromatic ring is 1. The Hall–Kier alpha value is -1.04. The lowest BCUT2D eigenvalue weighted by molar-refractivity contribution is -0.182. The van der Waals surface area contributed by atoms with Crippen LogP contribution in [-0.2, 0) is 0 Å². The van der Waals surface area contributed by atoms with Crippen molar-refractivity contribution < 1.29 is 17.6 Å². The Morgan fingerprint density at radius 3 is 2.36 bits per heavy atom. The van der Waals surface area contributed by atoms with Crippen LogP contribution in [0.4, 0.5) is 23.4 Å². The first-order chi connectivity index (χ1) is 5.93. The summed E-state index contributed by atoms with van der Waals surface area (Å²) in [6.07, 6.45) is -6.81. The van der Waals surface area contributed by atoms with Gasteiger partial charge >= 0.3 is 6.18 Å². The standard InChI is InChI=1S/C7H6F4N2.ClH/c8-5(7(9,10)11)4-2-1-3-13-6(4)12;/h1-3,5H,(H2,12,13);1H. The number of anilines is 1. The van der Waals surface area contributed by atoms with Crippen molar-refractivity contribution in [3.63, 3.8) is 0 Å². The molecule has 0 radical (unpaired) electrons. The van der Waals surface area contributed by atoms with Gasteiger partial charge in [-0.15, -0.1) is 12.4 Å². The highest BCUT2D eigenvalue weighted by atomic mass is 35.5. The van der Waals surface area contributed by atoms with Gasteiger partial charge in [-0.1, -0.05) is 6.07 Å². The Bertz CT molecular complexity index is 302. The molecule has 1 atom stereocenters. The number of alkyl halides is 4. The number of aromatic nitrogens is 1. The largest absolute Gasteiger partial charge is 0.424 e. The maximum Gasteiger partial charge on any atom is 0.424 e. The third kappa shape index (κ3) is 2.73. The van der Waals surface area contributed by atoms with Gasteiger partial charge in [-0.3, -0.25) is 0 Å². The van der Waals surface area contributed by atoms with Crippen molar-refractivity contribution in [1.82, 2.24) is 4.98 Å². The van der Waals surface area contributed by atoms with Gasteiger partial charge in [0.25, 0.3) is 0 Å². The topological polar surface area (TPSA) is 38.9 Å². The average Bonchev–Trinajstić information content (AvgIpc) is 2.02. The number of rotatable bonds is 1. The summed E-state index contributed by atoms with van der Waals surface area (Å²) in [5.74, 6) is -0.438. The van der Waals surface area contributed by atoms with E-state index < -0.39 is 23.7 Å². The molecular formula is C7H7ClF4N2. The summed E-state index contributed by atoms with van der Waals surface area (Å²) in [5.41, 5.74) is 4.42.